The maximum Gasteiger partial charge on any atom is 0.416 e. The van der Waals surface area contributed by atoms with E-state index in [-0.39, 0.29) is 0 Å². The summed E-state index contributed by atoms with van der Waals surface area (Å²) in [4.78, 5) is 2.32. The first-order valence-corrected chi connectivity index (χ1v) is 7.31. The van der Waals surface area contributed by atoms with E-state index in [1.54, 1.807) is 6.07 Å². The van der Waals surface area contributed by atoms with Crippen molar-refractivity contribution in [2.75, 3.05) is 20.1 Å². The van der Waals surface area contributed by atoms with Gasteiger partial charge >= 0.3 is 6.18 Å². The highest BCUT2D eigenvalue weighted by Gasteiger charge is 2.40. The summed E-state index contributed by atoms with van der Waals surface area (Å²) in [6.45, 7) is 2.12. The minimum atomic E-state index is -4.24. The summed E-state index contributed by atoms with van der Waals surface area (Å²) >= 11 is 0. The van der Waals surface area contributed by atoms with Crippen molar-refractivity contribution in [3.05, 3.63) is 35.4 Å². The van der Waals surface area contributed by atoms with E-state index in [0.29, 0.717) is 17.8 Å². The van der Waals surface area contributed by atoms with Crippen molar-refractivity contribution in [3.8, 4) is 0 Å². The lowest BCUT2D eigenvalue weighted by molar-refractivity contribution is -0.137. The maximum atomic E-state index is 12.9. The fourth-order valence-electron chi connectivity index (χ4n) is 4.05. The first-order chi connectivity index (χ1) is 9.45. The molecular weight excluding hydrogens is 263 g/mol. The van der Waals surface area contributed by atoms with Crippen molar-refractivity contribution in [1.29, 1.82) is 0 Å². The van der Waals surface area contributed by atoms with Gasteiger partial charge in [0.05, 0.1) is 5.56 Å². The van der Waals surface area contributed by atoms with E-state index in [4.69, 9.17) is 0 Å². The minimum Gasteiger partial charge on any atom is -0.306 e. The third kappa shape index (κ3) is 2.58. The van der Waals surface area contributed by atoms with Crippen LogP contribution in [0.2, 0.25) is 0 Å². The number of benzene rings is 1. The van der Waals surface area contributed by atoms with Crippen molar-refractivity contribution in [1.82, 2.24) is 4.90 Å². The Balaban J connectivity index is 1.88. The highest BCUT2D eigenvalue weighted by Crippen LogP contribution is 2.45. The molecule has 20 heavy (non-hydrogen) atoms. The molecule has 3 rings (SSSR count). The van der Waals surface area contributed by atoms with Crippen LogP contribution < -0.4 is 0 Å². The van der Waals surface area contributed by atoms with Gasteiger partial charge in [-0.15, -0.1) is 0 Å². The predicted octanol–water partition coefficient (Wildman–Crippen LogP) is 4.15. The fraction of sp³-hybridized carbons (Fsp3) is 0.625. The van der Waals surface area contributed by atoms with Crippen LogP contribution in [0.15, 0.2) is 24.3 Å². The Morgan fingerprint density at radius 2 is 1.95 bits per heavy atom. The summed E-state index contributed by atoms with van der Waals surface area (Å²) in [5.41, 5.74) is 0.369. The molecule has 2 fully saturated rings. The second-order valence-electron chi connectivity index (χ2n) is 6.31. The Bertz CT molecular complexity index is 483. The van der Waals surface area contributed by atoms with Crippen LogP contribution >= 0.6 is 0 Å². The average molecular weight is 283 g/mol. The van der Waals surface area contributed by atoms with Crippen LogP contribution in [0.3, 0.4) is 0 Å². The van der Waals surface area contributed by atoms with Gasteiger partial charge < -0.3 is 4.90 Å². The second kappa shape index (κ2) is 5.06. The van der Waals surface area contributed by atoms with Crippen molar-refractivity contribution in [2.45, 2.75) is 31.4 Å². The van der Waals surface area contributed by atoms with Gasteiger partial charge in [-0.05, 0) is 49.3 Å². The lowest BCUT2D eigenvalue weighted by atomic mass is 9.71. The lowest BCUT2D eigenvalue weighted by Crippen LogP contribution is -2.26. The molecule has 110 valence electrons. The van der Waals surface area contributed by atoms with Crippen molar-refractivity contribution in [2.24, 2.45) is 11.8 Å². The molecule has 0 spiro atoms. The Morgan fingerprint density at radius 3 is 2.70 bits per heavy atom. The lowest BCUT2D eigenvalue weighted by Gasteiger charge is -2.33. The zero-order chi connectivity index (χ0) is 14.3. The molecule has 4 heteroatoms. The third-order valence-corrected chi connectivity index (χ3v) is 4.92. The summed E-state index contributed by atoms with van der Waals surface area (Å²) in [5.74, 6) is 1.48. The molecule has 1 aliphatic carbocycles. The van der Waals surface area contributed by atoms with Crippen molar-refractivity contribution < 1.29 is 13.2 Å². The fourth-order valence-corrected chi connectivity index (χ4v) is 4.05. The van der Waals surface area contributed by atoms with Crippen molar-refractivity contribution in [3.63, 3.8) is 0 Å². The van der Waals surface area contributed by atoms with Gasteiger partial charge in [0, 0.05) is 13.1 Å². The van der Waals surface area contributed by atoms with Crippen LogP contribution in [0.5, 0.6) is 0 Å². The number of fused-ring (bicyclic) bond motifs is 1. The molecular formula is C16H20F3N. The Labute approximate surface area is 117 Å². The molecule has 1 heterocycles. The molecule has 0 bridgehead atoms. The summed E-state index contributed by atoms with van der Waals surface area (Å²) in [6.07, 6.45) is -0.854. The normalized spacial score (nSPS) is 31.3. The van der Waals surface area contributed by atoms with Gasteiger partial charge in [0.25, 0.3) is 0 Å². The third-order valence-electron chi connectivity index (χ3n) is 4.92. The van der Waals surface area contributed by atoms with E-state index in [1.165, 1.54) is 18.6 Å². The summed E-state index contributed by atoms with van der Waals surface area (Å²) in [5, 5.41) is 0. The first-order valence-electron chi connectivity index (χ1n) is 7.31. The van der Waals surface area contributed by atoms with Gasteiger partial charge in [0.1, 0.15) is 0 Å². The van der Waals surface area contributed by atoms with E-state index in [9.17, 15) is 13.2 Å². The van der Waals surface area contributed by atoms with Crippen LogP contribution in [0, 0.1) is 11.8 Å². The number of hydrogen-bond acceptors (Lipinski definition) is 1. The van der Waals surface area contributed by atoms with Gasteiger partial charge in [-0.2, -0.15) is 13.2 Å². The number of nitrogens with zero attached hydrogens (tertiary/aromatic N) is 1. The standard InChI is InChI=1S/C16H20F3N/c1-20-9-12-5-3-7-14(15(12)10-20)11-4-2-6-13(8-11)16(17,18)19/h2,4,6,8,12,14-15H,3,5,7,9-10H2,1H3/t12-,14?,15?/m0/s1. The molecule has 1 nitrogen and oxygen atoms in total. The molecule has 3 atom stereocenters. The smallest absolute Gasteiger partial charge is 0.306 e. The molecule has 0 N–H and O–H groups in total. The summed E-state index contributed by atoms with van der Waals surface area (Å²) in [7, 11) is 2.11. The van der Waals surface area contributed by atoms with Gasteiger partial charge in [0.2, 0.25) is 0 Å². The Morgan fingerprint density at radius 1 is 1.15 bits per heavy atom. The topological polar surface area (TPSA) is 3.24 Å². The molecule has 1 aromatic carbocycles. The van der Waals surface area contributed by atoms with Crippen LogP contribution in [0.4, 0.5) is 13.2 Å². The summed E-state index contributed by atoms with van der Waals surface area (Å²) < 4.78 is 38.6. The number of alkyl halides is 3. The molecule has 1 saturated carbocycles. The number of rotatable bonds is 1. The molecule has 0 amide bonds. The van der Waals surface area contributed by atoms with E-state index >= 15 is 0 Å². The molecule has 2 aliphatic rings. The SMILES string of the molecule is CN1CC2C(c3cccc(C(F)(F)F)c3)CCC[C@H]2C1. The van der Waals surface area contributed by atoms with E-state index in [0.717, 1.165) is 31.5 Å². The zero-order valence-corrected chi connectivity index (χ0v) is 11.7. The Hall–Kier alpha value is -1.03. The van der Waals surface area contributed by atoms with Crippen LogP contribution in [-0.4, -0.2) is 25.0 Å². The number of likely N-dealkylation sites (tertiary alicyclic amines) is 1. The molecule has 1 saturated heterocycles. The number of hydrogen-bond donors (Lipinski definition) is 0. The van der Waals surface area contributed by atoms with E-state index in [1.807, 2.05) is 6.07 Å². The van der Waals surface area contributed by atoms with Gasteiger partial charge in [-0.1, -0.05) is 24.6 Å². The maximum absolute atomic E-state index is 12.9. The Kier molecular flexibility index (Phi) is 3.53. The van der Waals surface area contributed by atoms with Crippen molar-refractivity contribution >= 4 is 0 Å². The molecule has 1 aliphatic heterocycles. The van der Waals surface area contributed by atoms with E-state index in [2.05, 4.69) is 11.9 Å². The highest BCUT2D eigenvalue weighted by molar-refractivity contribution is 5.29. The van der Waals surface area contributed by atoms with Gasteiger partial charge in [-0.25, -0.2) is 0 Å². The minimum absolute atomic E-state index is 0.293. The zero-order valence-electron chi connectivity index (χ0n) is 11.7. The van der Waals surface area contributed by atoms with E-state index < -0.39 is 11.7 Å². The molecule has 2 unspecified atom stereocenters. The molecule has 0 radical (unpaired) electrons. The van der Waals surface area contributed by atoms with Crippen LogP contribution in [0.25, 0.3) is 0 Å². The largest absolute Gasteiger partial charge is 0.416 e. The van der Waals surface area contributed by atoms with Crippen LogP contribution in [0.1, 0.15) is 36.3 Å². The molecule has 0 aromatic heterocycles. The first kappa shape index (κ1) is 13.9. The second-order valence-corrected chi connectivity index (χ2v) is 6.31. The quantitative estimate of drug-likeness (QED) is 0.748. The summed E-state index contributed by atoms with van der Waals surface area (Å²) in [6, 6.07) is 5.97. The average Bonchev–Trinajstić information content (AvgIpc) is 2.77. The van der Waals surface area contributed by atoms with Gasteiger partial charge in [0.15, 0.2) is 0 Å². The highest BCUT2D eigenvalue weighted by atomic mass is 19.4. The number of halogens is 3. The molecule has 1 aromatic rings. The monoisotopic (exact) mass is 283 g/mol. The van der Waals surface area contributed by atoms with Gasteiger partial charge in [-0.3, -0.25) is 0 Å². The predicted molar refractivity (Wildman–Crippen MR) is 72.5 cm³/mol. The van der Waals surface area contributed by atoms with Crippen LogP contribution in [-0.2, 0) is 6.18 Å².